The SMILES string of the molecule is Cc1cccc(NC(=O)CN2C(=O)C(C(=O)N3CCCCC3)Sc3ccccc32)c1. The normalized spacial score (nSPS) is 18.7. The molecule has 1 N–H and O–H groups in total. The number of nitrogens with zero attached hydrogens (tertiary/aromatic N) is 2. The molecule has 30 heavy (non-hydrogen) atoms. The summed E-state index contributed by atoms with van der Waals surface area (Å²) in [7, 11) is 0. The van der Waals surface area contributed by atoms with Crippen LogP contribution in [0.1, 0.15) is 24.8 Å². The molecule has 0 spiro atoms. The van der Waals surface area contributed by atoms with Crippen molar-refractivity contribution in [2.24, 2.45) is 0 Å². The van der Waals surface area contributed by atoms with E-state index >= 15 is 0 Å². The number of carbonyl (C=O) groups is 3. The number of benzene rings is 2. The average molecular weight is 424 g/mol. The van der Waals surface area contributed by atoms with Gasteiger partial charge < -0.3 is 15.1 Å². The van der Waals surface area contributed by atoms with Crippen molar-refractivity contribution in [3.8, 4) is 0 Å². The highest BCUT2D eigenvalue weighted by Gasteiger charge is 2.40. The van der Waals surface area contributed by atoms with Gasteiger partial charge in [-0.15, -0.1) is 11.8 Å². The Morgan fingerprint density at radius 2 is 1.83 bits per heavy atom. The fourth-order valence-corrected chi connectivity index (χ4v) is 5.07. The first-order chi connectivity index (χ1) is 14.5. The van der Waals surface area contributed by atoms with E-state index in [4.69, 9.17) is 0 Å². The fourth-order valence-electron chi connectivity index (χ4n) is 3.88. The van der Waals surface area contributed by atoms with Crippen LogP contribution in [-0.2, 0) is 14.4 Å². The molecule has 0 aromatic heterocycles. The Kier molecular flexibility index (Phi) is 6.08. The molecule has 156 valence electrons. The van der Waals surface area contributed by atoms with Gasteiger partial charge in [0.1, 0.15) is 6.54 Å². The van der Waals surface area contributed by atoms with Crippen LogP contribution >= 0.6 is 11.8 Å². The zero-order chi connectivity index (χ0) is 21.1. The first-order valence-electron chi connectivity index (χ1n) is 10.3. The summed E-state index contributed by atoms with van der Waals surface area (Å²) in [5.74, 6) is -0.767. The second kappa shape index (κ2) is 8.92. The molecule has 2 aromatic rings. The minimum absolute atomic E-state index is 0.131. The third-order valence-electron chi connectivity index (χ3n) is 5.39. The van der Waals surface area contributed by atoms with E-state index in [1.54, 1.807) is 4.90 Å². The topological polar surface area (TPSA) is 69.7 Å². The molecule has 1 saturated heterocycles. The van der Waals surface area contributed by atoms with Crippen LogP contribution in [0.2, 0.25) is 0 Å². The number of anilines is 2. The van der Waals surface area contributed by atoms with E-state index in [1.807, 2.05) is 55.5 Å². The predicted octanol–water partition coefficient (Wildman–Crippen LogP) is 3.45. The lowest BCUT2D eigenvalue weighted by Crippen LogP contribution is -2.52. The van der Waals surface area contributed by atoms with Gasteiger partial charge in [-0.1, -0.05) is 24.3 Å². The Hall–Kier alpha value is -2.80. The van der Waals surface area contributed by atoms with Crippen molar-refractivity contribution in [2.75, 3.05) is 29.9 Å². The highest BCUT2D eigenvalue weighted by atomic mass is 32.2. The van der Waals surface area contributed by atoms with Crippen molar-refractivity contribution in [2.45, 2.75) is 36.3 Å². The zero-order valence-corrected chi connectivity index (χ0v) is 17.8. The molecule has 7 heteroatoms. The highest BCUT2D eigenvalue weighted by Crippen LogP contribution is 2.39. The Bertz CT molecular complexity index is 972. The molecule has 6 nitrogen and oxygen atoms in total. The first kappa shape index (κ1) is 20.5. The lowest BCUT2D eigenvalue weighted by Gasteiger charge is -2.36. The van der Waals surface area contributed by atoms with Crippen molar-refractivity contribution in [3.05, 3.63) is 54.1 Å². The molecule has 2 heterocycles. The molecule has 1 fully saturated rings. The Morgan fingerprint density at radius 3 is 2.60 bits per heavy atom. The van der Waals surface area contributed by atoms with E-state index in [9.17, 15) is 14.4 Å². The van der Waals surface area contributed by atoms with Gasteiger partial charge in [0, 0.05) is 23.7 Å². The number of rotatable bonds is 4. The molecule has 0 radical (unpaired) electrons. The van der Waals surface area contributed by atoms with Gasteiger partial charge in [-0.3, -0.25) is 14.4 Å². The predicted molar refractivity (Wildman–Crippen MR) is 119 cm³/mol. The number of likely N-dealkylation sites (tertiary alicyclic amines) is 1. The number of carbonyl (C=O) groups excluding carboxylic acids is 3. The summed E-state index contributed by atoms with van der Waals surface area (Å²) in [6.45, 7) is 3.21. The molecule has 0 bridgehead atoms. The number of para-hydroxylation sites is 1. The smallest absolute Gasteiger partial charge is 0.250 e. The maximum Gasteiger partial charge on any atom is 0.250 e. The van der Waals surface area contributed by atoms with Gasteiger partial charge >= 0.3 is 0 Å². The summed E-state index contributed by atoms with van der Waals surface area (Å²) in [6.07, 6.45) is 3.05. The van der Waals surface area contributed by atoms with Crippen LogP contribution in [0.3, 0.4) is 0 Å². The summed E-state index contributed by atoms with van der Waals surface area (Å²) < 4.78 is 0. The second-order valence-electron chi connectivity index (χ2n) is 7.69. The molecule has 1 unspecified atom stereocenters. The first-order valence-corrected chi connectivity index (χ1v) is 11.1. The summed E-state index contributed by atoms with van der Waals surface area (Å²) in [6, 6.07) is 15.0. The summed E-state index contributed by atoms with van der Waals surface area (Å²) in [5.41, 5.74) is 2.40. The molecule has 2 aliphatic heterocycles. The molecular formula is C23H25N3O3S. The molecule has 4 rings (SSSR count). The molecule has 0 saturated carbocycles. The van der Waals surface area contributed by atoms with Crippen molar-refractivity contribution in [3.63, 3.8) is 0 Å². The number of fused-ring (bicyclic) bond motifs is 1. The van der Waals surface area contributed by atoms with Gasteiger partial charge in [-0.2, -0.15) is 0 Å². The Morgan fingerprint density at radius 1 is 1.07 bits per heavy atom. The second-order valence-corrected chi connectivity index (χ2v) is 8.84. The number of hydrogen-bond donors (Lipinski definition) is 1. The van der Waals surface area contributed by atoms with Crippen molar-refractivity contribution in [1.82, 2.24) is 4.90 Å². The van der Waals surface area contributed by atoms with Crippen molar-refractivity contribution in [1.29, 1.82) is 0 Å². The van der Waals surface area contributed by atoms with Gasteiger partial charge in [-0.05, 0) is 56.0 Å². The van der Waals surface area contributed by atoms with Crippen LogP contribution in [0.4, 0.5) is 11.4 Å². The van der Waals surface area contributed by atoms with E-state index < -0.39 is 5.25 Å². The number of piperidine rings is 1. The van der Waals surface area contributed by atoms with Crippen LogP contribution in [0.5, 0.6) is 0 Å². The van der Waals surface area contributed by atoms with Gasteiger partial charge in [-0.25, -0.2) is 0 Å². The molecule has 2 aliphatic rings. The Labute approximate surface area is 180 Å². The van der Waals surface area contributed by atoms with Gasteiger partial charge in [0.2, 0.25) is 11.8 Å². The molecule has 0 aliphatic carbocycles. The van der Waals surface area contributed by atoms with Crippen molar-refractivity contribution >= 4 is 40.9 Å². The maximum atomic E-state index is 13.3. The van der Waals surface area contributed by atoms with Crippen LogP contribution < -0.4 is 10.2 Å². The fraction of sp³-hybridized carbons (Fsp3) is 0.348. The number of thioether (sulfide) groups is 1. The van der Waals surface area contributed by atoms with Crippen LogP contribution in [0.25, 0.3) is 0 Å². The largest absolute Gasteiger partial charge is 0.341 e. The quantitative estimate of drug-likeness (QED) is 0.765. The number of hydrogen-bond acceptors (Lipinski definition) is 4. The highest BCUT2D eigenvalue weighted by molar-refractivity contribution is 8.01. The minimum Gasteiger partial charge on any atom is -0.341 e. The molecule has 2 aromatic carbocycles. The summed E-state index contributed by atoms with van der Waals surface area (Å²) >= 11 is 1.29. The van der Waals surface area contributed by atoms with Crippen LogP contribution in [-0.4, -0.2) is 47.5 Å². The van der Waals surface area contributed by atoms with Crippen molar-refractivity contribution < 1.29 is 14.4 Å². The minimum atomic E-state index is -0.843. The number of aryl methyl sites for hydroxylation is 1. The molecular weight excluding hydrogens is 398 g/mol. The van der Waals surface area contributed by atoms with E-state index in [1.165, 1.54) is 16.7 Å². The third-order valence-corrected chi connectivity index (χ3v) is 6.62. The third kappa shape index (κ3) is 4.36. The van der Waals surface area contributed by atoms with Gasteiger partial charge in [0.25, 0.3) is 5.91 Å². The standard InChI is InChI=1S/C23H25N3O3S/c1-16-8-7-9-17(14-16)24-20(27)15-26-18-10-3-4-11-19(18)30-21(23(26)29)22(28)25-12-5-2-6-13-25/h3-4,7-11,14,21H,2,5-6,12-13,15H2,1H3,(H,24,27). The van der Waals surface area contributed by atoms with E-state index in [-0.39, 0.29) is 24.3 Å². The number of nitrogens with one attached hydrogen (secondary N) is 1. The van der Waals surface area contributed by atoms with Gasteiger partial charge in [0.05, 0.1) is 5.69 Å². The average Bonchev–Trinajstić information content (AvgIpc) is 2.75. The number of amides is 3. The molecule has 1 atom stereocenters. The Balaban J connectivity index is 1.55. The summed E-state index contributed by atoms with van der Waals surface area (Å²) in [5, 5.41) is 2.01. The lowest BCUT2D eigenvalue weighted by atomic mass is 10.1. The monoisotopic (exact) mass is 423 g/mol. The van der Waals surface area contributed by atoms with Gasteiger partial charge in [0.15, 0.2) is 5.25 Å². The summed E-state index contributed by atoms with van der Waals surface area (Å²) in [4.78, 5) is 43.2. The lowest BCUT2D eigenvalue weighted by molar-refractivity contribution is -0.135. The van der Waals surface area contributed by atoms with E-state index in [0.717, 1.165) is 29.7 Å². The zero-order valence-electron chi connectivity index (χ0n) is 17.0. The maximum absolute atomic E-state index is 13.3. The molecule has 3 amide bonds. The van der Waals surface area contributed by atoms with Crippen LogP contribution in [0, 0.1) is 6.92 Å². The van der Waals surface area contributed by atoms with Crippen LogP contribution in [0.15, 0.2) is 53.4 Å². The van der Waals surface area contributed by atoms with E-state index in [2.05, 4.69) is 5.32 Å². The van der Waals surface area contributed by atoms with E-state index in [0.29, 0.717) is 24.5 Å².